The van der Waals surface area contributed by atoms with Crippen LogP contribution >= 0.6 is 0 Å². The highest BCUT2D eigenvalue weighted by Crippen LogP contribution is 2.20. The van der Waals surface area contributed by atoms with Crippen LogP contribution in [0.1, 0.15) is 32.3 Å². The highest BCUT2D eigenvalue weighted by molar-refractivity contribution is 5.47. The van der Waals surface area contributed by atoms with Crippen LogP contribution in [0.4, 0.5) is 5.95 Å². The zero-order valence-corrected chi connectivity index (χ0v) is 13.0. The number of anilines is 1. The monoisotopic (exact) mass is 287 g/mol. The van der Waals surface area contributed by atoms with Crippen LogP contribution in [0.15, 0.2) is 36.7 Å². The molecule has 4 nitrogen and oxygen atoms in total. The summed E-state index contributed by atoms with van der Waals surface area (Å²) in [4.78, 5) is 4.42. The van der Waals surface area contributed by atoms with E-state index in [1.807, 2.05) is 19.3 Å². The van der Waals surface area contributed by atoms with Crippen molar-refractivity contribution in [3.63, 3.8) is 0 Å². The molecule has 2 aromatic rings. The number of nitrogens with one attached hydrogen (secondary N) is 1. The minimum absolute atomic E-state index is 0.777. The van der Waals surface area contributed by atoms with Gasteiger partial charge in [0.2, 0.25) is 5.95 Å². The van der Waals surface area contributed by atoms with Gasteiger partial charge in [0.1, 0.15) is 0 Å². The lowest BCUT2D eigenvalue weighted by Gasteiger charge is -2.13. The molecule has 0 aliphatic heterocycles. The van der Waals surface area contributed by atoms with Gasteiger partial charge in [0, 0.05) is 32.2 Å². The Morgan fingerprint density at radius 1 is 1.24 bits per heavy atom. The molecule has 0 saturated carbocycles. The zero-order valence-electron chi connectivity index (χ0n) is 13.0. The fourth-order valence-electron chi connectivity index (χ4n) is 2.37. The first-order valence-electron chi connectivity index (χ1n) is 7.80. The molecule has 0 bridgehead atoms. The molecule has 0 unspecified atom stereocenters. The molecule has 0 fully saturated rings. The van der Waals surface area contributed by atoms with Crippen LogP contribution in [-0.2, 0) is 11.2 Å². The maximum atomic E-state index is 5.35. The van der Waals surface area contributed by atoms with Crippen molar-refractivity contribution in [1.82, 2.24) is 9.55 Å². The molecule has 0 radical (unpaired) electrons. The maximum Gasteiger partial charge on any atom is 0.207 e. The van der Waals surface area contributed by atoms with E-state index in [4.69, 9.17) is 4.74 Å². The van der Waals surface area contributed by atoms with Gasteiger partial charge in [0.25, 0.3) is 0 Å². The molecule has 0 saturated heterocycles. The molecular weight excluding hydrogens is 262 g/mol. The Labute approximate surface area is 127 Å². The summed E-state index contributed by atoms with van der Waals surface area (Å²) >= 11 is 0. The summed E-state index contributed by atoms with van der Waals surface area (Å²) in [7, 11) is 0. The SMILES string of the molecule is CCCc1ccccc1-n1ccnc1NCCCOCC. The van der Waals surface area contributed by atoms with Crippen LogP contribution in [-0.4, -0.2) is 29.3 Å². The predicted octanol–water partition coefficient (Wildman–Crippen LogP) is 3.66. The minimum atomic E-state index is 0.777. The van der Waals surface area contributed by atoms with Gasteiger partial charge in [-0.05, 0) is 31.4 Å². The molecule has 1 aromatic heterocycles. The van der Waals surface area contributed by atoms with Gasteiger partial charge in [-0.2, -0.15) is 0 Å². The molecule has 21 heavy (non-hydrogen) atoms. The number of imidazole rings is 1. The van der Waals surface area contributed by atoms with E-state index < -0.39 is 0 Å². The highest BCUT2D eigenvalue weighted by Gasteiger charge is 2.08. The first kappa shape index (κ1) is 15.6. The number of nitrogens with zero attached hydrogens (tertiary/aromatic N) is 2. The predicted molar refractivity (Wildman–Crippen MR) is 87.2 cm³/mol. The lowest BCUT2D eigenvalue weighted by atomic mass is 10.1. The van der Waals surface area contributed by atoms with Crippen LogP contribution in [0.2, 0.25) is 0 Å². The lowest BCUT2D eigenvalue weighted by molar-refractivity contribution is 0.147. The molecule has 1 aromatic carbocycles. The van der Waals surface area contributed by atoms with Gasteiger partial charge in [0.15, 0.2) is 0 Å². The number of benzene rings is 1. The standard InChI is InChI=1S/C17H25N3O/c1-3-8-15-9-5-6-10-16(15)20-13-12-19-17(20)18-11-7-14-21-4-2/h5-6,9-10,12-13H,3-4,7-8,11,14H2,1-2H3,(H,18,19). The second-order valence-corrected chi connectivity index (χ2v) is 4.98. The van der Waals surface area contributed by atoms with Gasteiger partial charge in [-0.1, -0.05) is 31.5 Å². The summed E-state index contributed by atoms with van der Waals surface area (Å²) in [5.41, 5.74) is 2.57. The van der Waals surface area contributed by atoms with E-state index in [9.17, 15) is 0 Å². The number of ether oxygens (including phenoxy) is 1. The van der Waals surface area contributed by atoms with Gasteiger partial charge in [-0.15, -0.1) is 0 Å². The van der Waals surface area contributed by atoms with Gasteiger partial charge in [-0.25, -0.2) is 4.98 Å². The van der Waals surface area contributed by atoms with Crippen molar-refractivity contribution in [2.75, 3.05) is 25.1 Å². The zero-order chi connectivity index (χ0) is 14.9. The quantitative estimate of drug-likeness (QED) is 0.715. The van der Waals surface area contributed by atoms with Crippen molar-refractivity contribution < 1.29 is 4.74 Å². The first-order chi connectivity index (χ1) is 10.4. The molecule has 1 N–H and O–H groups in total. The van der Waals surface area contributed by atoms with Crippen molar-refractivity contribution in [3.8, 4) is 5.69 Å². The van der Waals surface area contributed by atoms with Crippen molar-refractivity contribution in [2.24, 2.45) is 0 Å². The lowest BCUT2D eigenvalue weighted by Crippen LogP contribution is -2.10. The largest absolute Gasteiger partial charge is 0.382 e. The number of hydrogen-bond donors (Lipinski definition) is 1. The summed E-state index contributed by atoms with van der Waals surface area (Å²) in [5, 5.41) is 3.39. The van der Waals surface area contributed by atoms with E-state index in [0.29, 0.717) is 0 Å². The van der Waals surface area contributed by atoms with E-state index in [1.165, 1.54) is 11.3 Å². The fraction of sp³-hybridized carbons (Fsp3) is 0.471. The molecule has 0 amide bonds. The summed E-state index contributed by atoms with van der Waals surface area (Å²) < 4.78 is 7.48. The average Bonchev–Trinajstić information content (AvgIpc) is 2.96. The smallest absolute Gasteiger partial charge is 0.207 e. The van der Waals surface area contributed by atoms with Gasteiger partial charge >= 0.3 is 0 Å². The number of hydrogen-bond acceptors (Lipinski definition) is 3. The Kier molecular flexibility index (Phi) is 6.28. The Morgan fingerprint density at radius 3 is 2.90 bits per heavy atom. The van der Waals surface area contributed by atoms with Gasteiger partial charge < -0.3 is 10.1 Å². The van der Waals surface area contributed by atoms with E-state index in [-0.39, 0.29) is 0 Å². The number of aromatic nitrogens is 2. The van der Waals surface area contributed by atoms with Gasteiger partial charge in [-0.3, -0.25) is 4.57 Å². The summed E-state index contributed by atoms with van der Waals surface area (Å²) in [5.74, 6) is 0.898. The molecule has 0 aliphatic rings. The van der Waals surface area contributed by atoms with Crippen LogP contribution in [0.3, 0.4) is 0 Å². The highest BCUT2D eigenvalue weighted by atomic mass is 16.5. The normalized spacial score (nSPS) is 10.8. The van der Waals surface area contributed by atoms with Gasteiger partial charge in [0.05, 0.1) is 5.69 Å². The molecule has 114 valence electrons. The Bertz CT molecular complexity index is 536. The van der Waals surface area contributed by atoms with Crippen molar-refractivity contribution in [3.05, 3.63) is 42.2 Å². The van der Waals surface area contributed by atoms with E-state index in [2.05, 4.69) is 46.1 Å². The third-order valence-corrected chi connectivity index (χ3v) is 3.36. The first-order valence-corrected chi connectivity index (χ1v) is 7.80. The minimum Gasteiger partial charge on any atom is -0.382 e. The van der Waals surface area contributed by atoms with Crippen LogP contribution in [0, 0.1) is 0 Å². The van der Waals surface area contributed by atoms with E-state index >= 15 is 0 Å². The Hall–Kier alpha value is -1.81. The molecule has 4 heteroatoms. The van der Waals surface area contributed by atoms with Crippen molar-refractivity contribution in [2.45, 2.75) is 33.1 Å². The van der Waals surface area contributed by atoms with Crippen LogP contribution in [0.25, 0.3) is 5.69 Å². The van der Waals surface area contributed by atoms with E-state index in [1.54, 1.807) is 0 Å². The Balaban J connectivity index is 2.06. The summed E-state index contributed by atoms with van der Waals surface area (Å²) in [6, 6.07) is 8.52. The fourth-order valence-corrected chi connectivity index (χ4v) is 2.37. The van der Waals surface area contributed by atoms with Crippen molar-refractivity contribution in [1.29, 1.82) is 0 Å². The third-order valence-electron chi connectivity index (χ3n) is 3.36. The van der Waals surface area contributed by atoms with Crippen LogP contribution in [0.5, 0.6) is 0 Å². The molecule has 1 heterocycles. The summed E-state index contributed by atoms with van der Waals surface area (Å²) in [6.07, 6.45) is 7.06. The summed E-state index contributed by atoms with van der Waals surface area (Å²) in [6.45, 7) is 6.66. The second kappa shape index (κ2) is 8.47. The third kappa shape index (κ3) is 4.33. The molecule has 0 atom stereocenters. The maximum absolute atomic E-state index is 5.35. The topological polar surface area (TPSA) is 39.1 Å². The van der Waals surface area contributed by atoms with E-state index in [0.717, 1.165) is 45.0 Å². The van der Waals surface area contributed by atoms with Crippen LogP contribution < -0.4 is 5.32 Å². The Morgan fingerprint density at radius 2 is 2.10 bits per heavy atom. The average molecular weight is 287 g/mol. The molecular formula is C17H25N3O. The molecule has 2 rings (SSSR count). The number of para-hydroxylation sites is 1. The second-order valence-electron chi connectivity index (χ2n) is 4.98. The number of rotatable bonds is 9. The number of aryl methyl sites for hydroxylation is 1. The van der Waals surface area contributed by atoms with Crippen molar-refractivity contribution >= 4 is 5.95 Å². The molecule has 0 spiro atoms. The molecule has 0 aliphatic carbocycles.